The number of nitrogens with zero attached hydrogens (tertiary/aromatic N) is 2. The number of para-hydroxylation sites is 1. The Morgan fingerprint density at radius 1 is 1.40 bits per heavy atom. The molecule has 0 spiro atoms. The topological polar surface area (TPSA) is 53.2 Å². The first-order valence-electron chi connectivity index (χ1n) is 6.93. The highest BCUT2D eigenvalue weighted by molar-refractivity contribution is 5.36. The van der Waals surface area contributed by atoms with Gasteiger partial charge in [-0.05, 0) is 6.07 Å². The Morgan fingerprint density at radius 2 is 2.30 bits per heavy atom. The lowest BCUT2D eigenvalue weighted by atomic mass is 10.0. The van der Waals surface area contributed by atoms with E-state index >= 15 is 0 Å². The second-order valence-corrected chi connectivity index (χ2v) is 5.01. The van der Waals surface area contributed by atoms with Gasteiger partial charge in [0, 0.05) is 43.6 Å². The monoisotopic (exact) mass is 272 g/mol. The van der Waals surface area contributed by atoms with Crippen molar-refractivity contribution in [2.24, 2.45) is 0 Å². The summed E-state index contributed by atoms with van der Waals surface area (Å²) in [5, 5.41) is 3.47. The van der Waals surface area contributed by atoms with E-state index in [4.69, 9.17) is 4.74 Å². The number of imidazole rings is 1. The second kappa shape index (κ2) is 6.07. The smallest absolute Gasteiger partial charge is 0.123 e. The highest BCUT2D eigenvalue weighted by Gasteiger charge is 2.26. The summed E-state index contributed by atoms with van der Waals surface area (Å²) in [6.07, 6.45) is 3.62. The van der Waals surface area contributed by atoms with Crippen LogP contribution in [0.3, 0.4) is 0 Å². The van der Waals surface area contributed by atoms with Gasteiger partial charge in [-0.2, -0.15) is 0 Å². The molecule has 1 atom stereocenters. The molecule has 1 aromatic heterocycles. The van der Waals surface area contributed by atoms with E-state index < -0.39 is 0 Å². The van der Waals surface area contributed by atoms with Crippen molar-refractivity contribution in [3.8, 4) is 5.75 Å². The van der Waals surface area contributed by atoms with Crippen molar-refractivity contribution in [1.29, 1.82) is 0 Å². The van der Waals surface area contributed by atoms with Crippen LogP contribution in [0.1, 0.15) is 17.3 Å². The molecule has 106 valence electrons. The van der Waals surface area contributed by atoms with Gasteiger partial charge in [-0.15, -0.1) is 0 Å². The molecule has 1 aliphatic rings. The Kier molecular flexibility index (Phi) is 3.99. The number of hydrogen-bond acceptors (Lipinski definition) is 4. The molecule has 0 aliphatic carbocycles. The number of aromatic amines is 1. The first-order chi connectivity index (χ1) is 9.88. The van der Waals surface area contributed by atoms with Crippen molar-refractivity contribution in [1.82, 2.24) is 20.2 Å². The fraction of sp³-hybridized carbons (Fsp3) is 0.400. The Hall–Kier alpha value is -1.85. The molecule has 5 heteroatoms. The van der Waals surface area contributed by atoms with Crippen LogP contribution in [0.15, 0.2) is 36.8 Å². The SMILES string of the molecule is COc1ccccc1[C@H]1CNCCN1Cc1cnc[nH]1. The molecular formula is C15H20N4O. The summed E-state index contributed by atoms with van der Waals surface area (Å²) in [4.78, 5) is 9.74. The summed E-state index contributed by atoms with van der Waals surface area (Å²) >= 11 is 0. The van der Waals surface area contributed by atoms with Gasteiger partial charge in [0.1, 0.15) is 5.75 Å². The number of nitrogens with one attached hydrogen (secondary N) is 2. The third-order valence-corrected chi connectivity index (χ3v) is 3.78. The van der Waals surface area contributed by atoms with E-state index in [-0.39, 0.29) is 0 Å². The van der Waals surface area contributed by atoms with Gasteiger partial charge in [-0.25, -0.2) is 4.98 Å². The minimum Gasteiger partial charge on any atom is -0.496 e. The van der Waals surface area contributed by atoms with Gasteiger partial charge >= 0.3 is 0 Å². The molecule has 0 radical (unpaired) electrons. The van der Waals surface area contributed by atoms with Gasteiger partial charge in [0.2, 0.25) is 0 Å². The molecule has 0 bridgehead atoms. The average molecular weight is 272 g/mol. The quantitative estimate of drug-likeness (QED) is 0.887. The zero-order chi connectivity index (χ0) is 13.8. The minimum atomic E-state index is 0.322. The molecule has 0 unspecified atom stereocenters. The summed E-state index contributed by atoms with van der Waals surface area (Å²) < 4.78 is 5.51. The average Bonchev–Trinajstić information content (AvgIpc) is 3.01. The van der Waals surface area contributed by atoms with Crippen LogP contribution in [0.2, 0.25) is 0 Å². The fourth-order valence-electron chi connectivity index (χ4n) is 2.77. The normalized spacial score (nSPS) is 19.9. The maximum Gasteiger partial charge on any atom is 0.123 e. The summed E-state index contributed by atoms with van der Waals surface area (Å²) in [6, 6.07) is 8.58. The molecule has 1 saturated heterocycles. The number of rotatable bonds is 4. The van der Waals surface area contributed by atoms with E-state index in [0.29, 0.717) is 6.04 Å². The molecule has 1 fully saturated rings. The van der Waals surface area contributed by atoms with E-state index in [1.54, 1.807) is 13.4 Å². The lowest BCUT2D eigenvalue weighted by Crippen LogP contribution is -2.45. The van der Waals surface area contributed by atoms with Crippen LogP contribution in [0.5, 0.6) is 5.75 Å². The van der Waals surface area contributed by atoms with Gasteiger partial charge in [0.15, 0.2) is 0 Å². The van der Waals surface area contributed by atoms with Crippen LogP contribution in [0.25, 0.3) is 0 Å². The van der Waals surface area contributed by atoms with Gasteiger partial charge < -0.3 is 15.0 Å². The van der Waals surface area contributed by atoms with Gasteiger partial charge in [0.25, 0.3) is 0 Å². The largest absolute Gasteiger partial charge is 0.496 e. The Bertz CT molecular complexity index is 541. The van der Waals surface area contributed by atoms with Gasteiger partial charge in [-0.1, -0.05) is 18.2 Å². The minimum absolute atomic E-state index is 0.322. The number of methoxy groups -OCH3 is 1. The number of benzene rings is 1. The standard InChI is InChI=1S/C15H20N4O/c1-20-15-5-3-2-4-13(15)14-9-16-6-7-19(14)10-12-8-17-11-18-12/h2-5,8,11,14,16H,6-7,9-10H2,1H3,(H,17,18)/t14-/m1/s1. The lowest BCUT2D eigenvalue weighted by Gasteiger charge is -2.36. The van der Waals surface area contributed by atoms with Crippen molar-refractivity contribution in [3.63, 3.8) is 0 Å². The van der Waals surface area contributed by atoms with Crippen LogP contribution in [-0.4, -0.2) is 41.6 Å². The molecule has 3 rings (SSSR count). The van der Waals surface area contributed by atoms with Crippen LogP contribution in [-0.2, 0) is 6.54 Å². The first-order valence-corrected chi connectivity index (χ1v) is 6.93. The molecule has 0 amide bonds. The fourth-order valence-corrected chi connectivity index (χ4v) is 2.77. The molecule has 2 N–H and O–H groups in total. The third kappa shape index (κ3) is 2.69. The summed E-state index contributed by atoms with van der Waals surface area (Å²) in [6.45, 7) is 3.85. The van der Waals surface area contributed by atoms with Crippen molar-refractivity contribution in [2.45, 2.75) is 12.6 Å². The summed E-state index contributed by atoms with van der Waals surface area (Å²) in [5.74, 6) is 0.954. The lowest BCUT2D eigenvalue weighted by molar-refractivity contribution is 0.149. The first kappa shape index (κ1) is 13.1. The zero-order valence-corrected chi connectivity index (χ0v) is 11.7. The second-order valence-electron chi connectivity index (χ2n) is 5.01. The number of piperazine rings is 1. The highest BCUT2D eigenvalue weighted by Crippen LogP contribution is 2.30. The molecule has 1 aromatic carbocycles. The summed E-state index contributed by atoms with van der Waals surface area (Å²) in [7, 11) is 1.73. The van der Waals surface area contributed by atoms with E-state index in [1.165, 1.54) is 5.56 Å². The number of hydrogen-bond donors (Lipinski definition) is 2. The summed E-state index contributed by atoms with van der Waals surface area (Å²) in [5.41, 5.74) is 2.38. The van der Waals surface area contributed by atoms with E-state index in [0.717, 1.165) is 37.6 Å². The predicted octanol–water partition coefficient (Wildman–Crippen LogP) is 1.56. The number of H-pyrrole nitrogens is 1. The maximum absolute atomic E-state index is 5.51. The maximum atomic E-state index is 5.51. The van der Waals surface area contributed by atoms with Crippen molar-refractivity contribution >= 4 is 0 Å². The molecular weight excluding hydrogens is 252 g/mol. The third-order valence-electron chi connectivity index (χ3n) is 3.78. The molecule has 5 nitrogen and oxygen atoms in total. The highest BCUT2D eigenvalue weighted by atomic mass is 16.5. The predicted molar refractivity (Wildman–Crippen MR) is 77.6 cm³/mol. The Balaban J connectivity index is 1.84. The van der Waals surface area contributed by atoms with Crippen LogP contribution in [0.4, 0.5) is 0 Å². The van der Waals surface area contributed by atoms with E-state index in [9.17, 15) is 0 Å². The van der Waals surface area contributed by atoms with Crippen molar-refractivity contribution in [2.75, 3.05) is 26.7 Å². The molecule has 1 aliphatic heterocycles. The molecule has 2 heterocycles. The van der Waals surface area contributed by atoms with E-state index in [2.05, 4.69) is 32.3 Å². The molecule has 0 saturated carbocycles. The van der Waals surface area contributed by atoms with E-state index in [1.807, 2.05) is 18.3 Å². The van der Waals surface area contributed by atoms with Crippen molar-refractivity contribution in [3.05, 3.63) is 48.0 Å². The molecule has 2 aromatic rings. The van der Waals surface area contributed by atoms with Gasteiger partial charge in [-0.3, -0.25) is 4.90 Å². The van der Waals surface area contributed by atoms with Gasteiger partial charge in [0.05, 0.1) is 19.5 Å². The van der Waals surface area contributed by atoms with Crippen molar-refractivity contribution < 1.29 is 4.74 Å². The van der Waals surface area contributed by atoms with Crippen LogP contribution >= 0.6 is 0 Å². The molecule has 20 heavy (non-hydrogen) atoms. The van der Waals surface area contributed by atoms with Crippen LogP contribution < -0.4 is 10.1 Å². The Morgan fingerprint density at radius 3 is 3.10 bits per heavy atom. The zero-order valence-electron chi connectivity index (χ0n) is 11.7. The number of ether oxygens (including phenoxy) is 1. The Labute approximate surface area is 119 Å². The van der Waals surface area contributed by atoms with Crippen LogP contribution in [0, 0.1) is 0 Å². The number of aromatic nitrogens is 2.